The highest BCUT2D eigenvalue weighted by molar-refractivity contribution is 6.01. The van der Waals surface area contributed by atoms with Crippen molar-refractivity contribution >= 4 is 17.8 Å². The summed E-state index contributed by atoms with van der Waals surface area (Å²) in [5.41, 5.74) is 2.05. The Kier molecular flexibility index (Phi) is 4.34. The second-order valence-corrected chi connectivity index (χ2v) is 4.72. The summed E-state index contributed by atoms with van der Waals surface area (Å²) in [5, 5.41) is 5.13. The van der Waals surface area contributed by atoms with Gasteiger partial charge in [0.25, 0.3) is 0 Å². The molecule has 6 nitrogen and oxygen atoms in total. The van der Waals surface area contributed by atoms with Crippen LogP contribution in [0.25, 0.3) is 0 Å². The molecule has 1 saturated heterocycles. The molecule has 1 heterocycles. The predicted octanol–water partition coefficient (Wildman–Crippen LogP) is 0.206. The molecule has 0 bridgehead atoms. The first-order valence-corrected chi connectivity index (χ1v) is 6.46. The van der Waals surface area contributed by atoms with E-state index in [-0.39, 0.29) is 31.4 Å². The summed E-state index contributed by atoms with van der Waals surface area (Å²) in [6.45, 7) is 2.48. The molecule has 0 unspecified atom stereocenters. The van der Waals surface area contributed by atoms with Crippen molar-refractivity contribution in [3.63, 3.8) is 0 Å². The molecule has 6 heteroatoms. The van der Waals surface area contributed by atoms with Gasteiger partial charge in [0, 0.05) is 13.1 Å². The maximum Gasteiger partial charge on any atom is 0.324 e. The molecule has 2 N–H and O–H groups in total. The van der Waals surface area contributed by atoms with Crippen LogP contribution in [0.15, 0.2) is 24.3 Å². The smallest absolute Gasteiger partial charge is 0.324 e. The lowest BCUT2D eigenvalue weighted by atomic mass is 10.1. The molecule has 0 spiro atoms. The molecule has 4 amide bonds. The first-order valence-electron chi connectivity index (χ1n) is 6.46. The molecule has 1 fully saturated rings. The van der Waals surface area contributed by atoms with Crippen LogP contribution in [0, 0.1) is 6.92 Å². The van der Waals surface area contributed by atoms with Gasteiger partial charge in [-0.25, -0.2) is 4.79 Å². The van der Waals surface area contributed by atoms with Crippen molar-refractivity contribution in [2.75, 3.05) is 19.6 Å². The van der Waals surface area contributed by atoms with Crippen molar-refractivity contribution < 1.29 is 14.4 Å². The first kappa shape index (κ1) is 14.0. The lowest BCUT2D eigenvalue weighted by Gasteiger charge is -2.12. The van der Waals surface area contributed by atoms with E-state index < -0.39 is 6.03 Å². The number of imide groups is 1. The molecule has 0 atom stereocenters. The highest BCUT2D eigenvalue weighted by Crippen LogP contribution is 2.04. The molecular weight excluding hydrogens is 258 g/mol. The number of urea groups is 1. The Bertz CT molecular complexity index is 526. The van der Waals surface area contributed by atoms with Gasteiger partial charge in [-0.15, -0.1) is 0 Å². The third-order valence-corrected chi connectivity index (χ3v) is 3.04. The minimum atomic E-state index is -0.400. The maximum absolute atomic E-state index is 11.7. The van der Waals surface area contributed by atoms with Crippen LogP contribution in [0.3, 0.4) is 0 Å². The van der Waals surface area contributed by atoms with Crippen molar-refractivity contribution in [1.29, 1.82) is 0 Å². The number of nitrogens with one attached hydrogen (secondary N) is 2. The minimum Gasteiger partial charge on any atom is -0.354 e. The molecular formula is C14H17N3O3. The summed E-state index contributed by atoms with van der Waals surface area (Å²) in [7, 11) is 0. The van der Waals surface area contributed by atoms with Gasteiger partial charge >= 0.3 is 6.03 Å². The maximum atomic E-state index is 11.7. The predicted molar refractivity (Wildman–Crippen MR) is 73.0 cm³/mol. The van der Waals surface area contributed by atoms with Gasteiger partial charge in [-0.2, -0.15) is 0 Å². The second kappa shape index (κ2) is 6.18. The Morgan fingerprint density at radius 3 is 2.85 bits per heavy atom. The monoisotopic (exact) mass is 275 g/mol. The number of nitrogens with zero attached hydrogens (tertiary/aromatic N) is 1. The van der Waals surface area contributed by atoms with Gasteiger partial charge in [-0.3, -0.25) is 14.5 Å². The normalized spacial score (nSPS) is 14.3. The van der Waals surface area contributed by atoms with Crippen molar-refractivity contribution in [3.05, 3.63) is 35.4 Å². The largest absolute Gasteiger partial charge is 0.354 e. The number of benzene rings is 1. The van der Waals surface area contributed by atoms with Crippen LogP contribution in [-0.4, -0.2) is 42.4 Å². The second-order valence-electron chi connectivity index (χ2n) is 4.72. The molecule has 0 radical (unpaired) electrons. The fourth-order valence-electron chi connectivity index (χ4n) is 2.06. The summed E-state index contributed by atoms with van der Waals surface area (Å²) < 4.78 is 0. The number of hydrogen-bond donors (Lipinski definition) is 2. The molecule has 106 valence electrons. The number of carbonyl (C=O) groups excluding carboxylic acids is 3. The van der Waals surface area contributed by atoms with Crippen LogP contribution in [0.1, 0.15) is 11.1 Å². The highest BCUT2D eigenvalue weighted by Gasteiger charge is 2.27. The fourth-order valence-corrected chi connectivity index (χ4v) is 2.06. The molecule has 0 aromatic heterocycles. The Balaban J connectivity index is 1.75. The van der Waals surface area contributed by atoms with E-state index in [1.807, 2.05) is 31.2 Å². The summed E-state index contributed by atoms with van der Waals surface area (Å²) in [4.78, 5) is 35.4. The molecule has 1 aromatic carbocycles. The lowest BCUT2D eigenvalue weighted by molar-refractivity contribution is -0.125. The molecule has 0 saturated carbocycles. The van der Waals surface area contributed by atoms with Crippen molar-refractivity contribution in [1.82, 2.24) is 15.5 Å². The number of hydrogen-bond acceptors (Lipinski definition) is 3. The number of rotatable bonds is 5. The summed E-state index contributed by atoms with van der Waals surface area (Å²) >= 11 is 0. The van der Waals surface area contributed by atoms with E-state index in [9.17, 15) is 14.4 Å². The van der Waals surface area contributed by atoms with Crippen LogP contribution in [0.2, 0.25) is 0 Å². The van der Waals surface area contributed by atoms with Crippen LogP contribution >= 0.6 is 0 Å². The zero-order chi connectivity index (χ0) is 14.5. The van der Waals surface area contributed by atoms with Crippen LogP contribution in [0.4, 0.5) is 4.79 Å². The minimum absolute atomic E-state index is 0.0378. The average molecular weight is 275 g/mol. The Morgan fingerprint density at radius 2 is 2.20 bits per heavy atom. The zero-order valence-electron chi connectivity index (χ0n) is 11.3. The Morgan fingerprint density at radius 1 is 1.40 bits per heavy atom. The quantitative estimate of drug-likeness (QED) is 0.754. The van der Waals surface area contributed by atoms with Gasteiger partial charge in [0.15, 0.2) is 0 Å². The zero-order valence-corrected chi connectivity index (χ0v) is 11.3. The summed E-state index contributed by atoms with van der Waals surface area (Å²) in [6.07, 6.45) is 0.293. The van der Waals surface area contributed by atoms with E-state index in [1.165, 1.54) is 0 Å². The van der Waals surface area contributed by atoms with Crippen molar-refractivity contribution in [2.45, 2.75) is 13.3 Å². The van der Waals surface area contributed by atoms with Crippen LogP contribution in [-0.2, 0) is 16.0 Å². The van der Waals surface area contributed by atoms with E-state index in [0.717, 1.165) is 16.0 Å². The van der Waals surface area contributed by atoms with Crippen LogP contribution < -0.4 is 10.6 Å². The van der Waals surface area contributed by atoms with E-state index in [0.29, 0.717) is 6.42 Å². The molecule has 0 aliphatic carbocycles. The summed E-state index contributed by atoms with van der Waals surface area (Å²) in [5.74, 6) is -0.384. The van der Waals surface area contributed by atoms with Gasteiger partial charge in [-0.05, 0) is 12.5 Å². The fraction of sp³-hybridized carbons (Fsp3) is 0.357. The number of aryl methyl sites for hydroxylation is 1. The van der Waals surface area contributed by atoms with E-state index >= 15 is 0 Å². The van der Waals surface area contributed by atoms with Gasteiger partial charge in [0.1, 0.15) is 0 Å². The van der Waals surface area contributed by atoms with Gasteiger partial charge < -0.3 is 10.6 Å². The third kappa shape index (κ3) is 3.57. The highest BCUT2D eigenvalue weighted by atomic mass is 16.2. The SMILES string of the molecule is Cc1cccc(CC(=O)NCCN2C(=O)CNC2=O)c1. The van der Waals surface area contributed by atoms with Gasteiger partial charge in [0.05, 0.1) is 13.0 Å². The standard InChI is InChI=1S/C14H17N3O3/c1-10-3-2-4-11(7-10)8-12(18)15-5-6-17-13(19)9-16-14(17)20/h2-4,7H,5-6,8-9H2,1H3,(H,15,18)(H,16,20). The molecule has 1 aliphatic rings. The summed E-state index contributed by atoms with van der Waals surface area (Å²) in [6, 6.07) is 7.33. The van der Waals surface area contributed by atoms with E-state index in [4.69, 9.17) is 0 Å². The molecule has 20 heavy (non-hydrogen) atoms. The molecule has 1 aromatic rings. The first-order chi connectivity index (χ1) is 9.56. The van der Waals surface area contributed by atoms with Crippen molar-refractivity contribution in [3.8, 4) is 0 Å². The average Bonchev–Trinajstić information content (AvgIpc) is 2.70. The van der Waals surface area contributed by atoms with Crippen molar-refractivity contribution in [2.24, 2.45) is 0 Å². The Hall–Kier alpha value is -2.37. The van der Waals surface area contributed by atoms with Gasteiger partial charge in [-0.1, -0.05) is 29.8 Å². The van der Waals surface area contributed by atoms with E-state index in [1.54, 1.807) is 0 Å². The van der Waals surface area contributed by atoms with Crippen LogP contribution in [0.5, 0.6) is 0 Å². The Labute approximate surface area is 117 Å². The number of carbonyl (C=O) groups is 3. The lowest BCUT2D eigenvalue weighted by Crippen LogP contribution is -2.39. The van der Waals surface area contributed by atoms with Gasteiger partial charge in [0.2, 0.25) is 11.8 Å². The number of amides is 4. The van der Waals surface area contributed by atoms with E-state index in [2.05, 4.69) is 10.6 Å². The molecule has 2 rings (SSSR count). The third-order valence-electron chi connectivity index (χ3n) is 3.04. The molecule has 1 aliphatic heterocycles. The topological polar surface area (TPSA) is 78.5 Å².